The van der Waals surface area contributed by atoms with Crippen LogP contribution in [0.2, 0.25) is 0 Å². The Balaban J connectivity index is 2.14. The van der Waals surface area contributed by atoms with Crippen molar-refractivity contribution in [3.05, 3.63) is 12.0 Å². The van der Waals surface area contributed by atoms with Crippen molar-refractivity contribution in [2.45, 2.75) is 44.2 Å². The van der Waals surface area contributed by atoms with Crippen molar-refractivity contribution < 1.29 is 8.42 Å². The van der Waals surface area contributed by atoms with Gasteiger partial charge in [0.1, 0.15) is 5.82 Å². The molecule has 2 atom stereocenters. The third-order valence-corrected chi connectivity index (χ3v) is 4.54. The Kier molecular flexibility index (Phi) is 3.03. The monoisotopic (exact) mass is 243 g/mol. The number of nitrogens with zero attached hydrogens (tertiary/aromatic N) is 1. The Morgan fingerprint density at radius 1 is 1.50 bits per heavy atom. The van der Waals surface area contributed by atoms with Gasteiger partial charge in [-0.25, -0.2) is 18.1 Å². The minimum atomic E-state index is -3.42. The second-order valence-electron chi connectivity index (χ2n) is 4.47. The molecule has 0 spiro atoms. The van der Waals surface area contributed by atoms with E-state index in [0.29, 0.717) is 11.7 Å². The Bertz CT molecular complexity index is 466. The molecular formula is C10H17N3O2S. The van der Waals surface area contributed by atoms with Gasteiger partial charge in [0, 0.05) is 6.04 Å². The van der Waals surface area contributed by atoms with E-state index in [9.17, 15) is 8.42 Å². The summed E-state index contributed by atoms with van der Waals surface area (Å²) in [7, 11) is -3.42. The topological polar surface area (TPSA) is 74.8 Å². The summed E-state index contributed by atoms with van der Waals surface area (Å²) in [5.41, 5.74) is 0. The number of imidazole rings is 1. The molecule has 1 aromatic rings. The first-order chi connectivity index (χ1) is 7.49. The Morgan fingerprint density at radius 2 is 2.25 bits per heavy atom. The van der Waals surface area contributed by atoms with Crippen LogP contribution in [-0.4, -0.2) is 24.4 Å². The van der Waals surface area contributed by atoms with Crippen molar-refractivity contribution in [3.8, 4) is 0 Å². The Labute approximate surface area is 95.7 Å². The van der Waals surface area contributed by atoms with Gasteiger partial charge < -0.3 is 4.98 Å². The number of rotatable bonds is 3. The summed E-state index contributed by atoms with van der Waals surface area (Å²) in [5, 5.41) is 0.157. The molecule has 1 aliphatic rings. The van der Waals surface area contributed by atoms with E-state index >= 15 is 0 Å². The maximum atomic E-state index is 12.0. The maximum absolute atomic E-state index is 12.0. The Morgan fingerprint density at radius 3 is 2.75 bits per heavy atom. The zero-order valence-electron chi connectivity index (χ0n) is 9.53. The molecule has 90 valence electrons. The van der Waals surface area contributed by atoms with Crippen LogP contribution < -0.4 is 4.72 Å². The summed E-state index contributed by atoms with van der Waals surface area (Å²) in [4.78, 5) is 6.65. The molecule has 0 aromatic carbocycles. The van der Waals surface area contributed by atoms with Crippen LogP contribution in [0.3, 0.4) is 0 Å². The van der Waals surface area contributed by atoms with Gasteiger partial charge in [0.25, 0.3) is 10.0 Å². The fourth-order valence-electron chi connectivity index (χ4n) is 2.12. The van der Waals surface area contributed by atoms with Crippen molar-refractivity contribution in [1.29, 1.82) is 0 Å². The second-order valence-corrected chi connectivity index (χ2v) is 6.15. The van der Waals surface area contributed by atoms with E-state index in [1.54, 1.807) is 6.92 Å². The van der Waals surface area contributed by atoms with Crippen LogP contribution in [0.4, 0.5) is 0 Å². The minimum Gasteiger partial charge on any atom is -0.332 e. The lowest BCUT2D eigenvalue weighted by Gasteiger charge is -2.16. The van der Waals surface area contributed by atoms with Crippen LogP contribution in [0.25, 0.3) is 0 Å². The molecule has 2 N–H and O–H groups in total. The molecule has 1 heterocycles. The number of aryl methyl sites for hydroxylation is 1. The van der Waals surface area contributed by atoms with Gasteiger partial charge in [-0.1, -0.05) is 13.3 Å². The van der Waals surface area contributed by atoms with Gasteiger partial charge in [-0.2, -0.15) is 0 Å². The predicted molar refractivity (Wildman–Crippen MR) is 60.4 cm³/mol. The molecule has 16 heavy (non-hydrogen) atoms. The molecule has 2 rings (SSSR count). The zero-order valence-corrected chi connectivity index (χ0v) is 10.3. The highest BCUT2D eigenvalue weighted by molar-refractivity contribution is 7.89. The molecule has 1 fully saturated rings. The lowest BCUT2D eigenvalue weighted by Crippen LogP contribution is -2.36. The number of H-pyrrole nitrogens is 1. The molecule has 1 saturated carbocycles. The summed E-state index contributed by atoms with van der Waals surface area (Å²) in [6, 6.07) is 0.0635. The minimum absolute atomic E-state index is 0.0635. The molecule has 1 aromatic heterocycles. The molecule has 0 radical (unpaired) electrons. The van der Waals surface area contributed by atoms with E-state index in [1.807, 2.05) is 0 Å². The van der Waals surface area contributed by atoms with Gasteiger partial charge >= 0.3 is 0 Å². The van der Waals surface area contributed by atoms with Crippen molar-refractivity contribution >= 4 is 10.0 Å². The van der Waals surface area contributed by atoms with E-state index in [4.69, 9.17) is 0 Å². The van der Waals surface area contributed by atoms with Crippen LogP contribution in [0.5, 0.6) is 0 Å². The molecule has 0 aliphatic heterocycles. The molecular weight excluding hydrogens is 226 g/mol. The number of hydrogen-bond donors (Lipinski definition) is 2. The smallest absolute Gasteiger partial charge is 0.257 e. The number of sulfonamides is 1. The van der Waals surface area contributed by atoms with Crippen LogP contribution >= 0.6 is 0 Å². The molecule has 5 nitrogen and oxygen atoms in total. The third kappa shape index (κ3) is 2.27. The summed E-state index contributed by atoms with van der Waals surface area (Å²) in [5.74, 6) is 1.03. The lowest BCUT2D eigenvalue weighted by atomic mass is 10.1. The fraction of sp³-hybridized carbons (Fsp3) is 0.700. The molecule has 0 amide bonds. The standard InChI is InChI=1S/C10H17N3O2S/c1-7-4-3-5-9(7)13-16(14,15)10-6-11-8(2)12-10/h6-7,9,13H,3-5H2,1-2H3,(H,11,12). The average Bonchev–Trinajstić information content (AvgIpc) is 2.77. The molecule has 2 unspecified atom stereocenters. The SMILES string of the molecule is Cc1ncc(S(=O)(=O)NC2CCCC2C)[nH]1. The van der Waals surface area contributed by atoms with Crippen molar-refractivity contribution in [2.24, 2.45) is 5.92 Å². The van der Waals surface area contributed by atoms with Crippen LogP contribution in [-0.2, 0) is 10.0 Å². The van der Waals surface area contributed by atoms with E-state index in [2.05, 4.69) is 21.6 Å². The maximum Gasteiger partial charge on any atom is 0.257 e. The number of hydrogen-bond acceptors (Lipinski definition) is 3. The van der Waals surface area contributed by atoms with Crippen molar-refractivity contribution in [3.63, 3.8) is 0 Å². The van der Waals surface area contributed by atoms with Gasteiger partial charge in [-0.05, 0) is 25.7 Å². The highest BCUT2D eigenvalue weighted by Crippen LogP contribution is 2.26. The predicted octanol–water partition coefficient (Wildman–Crippen LogP) is 1.19. The second kappa shape index (κ2) is 4.18. The summed E-state index contributed by atoms with van der Waals surface area (Å²) >= 11 is 0. The molecule has 1 aliphatic carbocycles. The quantitative estimate of drug-likeness (QED) is 0.837. The largest absolute Gasteiger partial charge is 0.332 e. The van der Waals surface area contributed by atoms with E-state index in [1.165, 1.54) is 6.20 Å². The van der Waals surface area contributed by atoms with Crippen LogP contribution in [0, 0.1) is 12.8 Å². The summed E-state index contributed by atoms with van der Waals surface area (Å²) in [6.45, 7) is 3.82. The van der Waals surface area contributed by atoms with Gasteiger partial charge in [-0.15, -0.1) is 0 Å². The first kappa shape index (κ1) is 11.6. The number of nitrogens with one attached hydrogen (secondary N) is 2. The molecule has 6 heteroatoms. The average molecular weight is 243 g/mol. The highest BCUT2D eigenvalue weighted by atomic mass is 32.2. The van der Waals surface area contributed by atoms with Crippen LogP contribution in [0.1, 0.15) is 32.0 Å². The first-order valence-electron chi connectivity index (χ1n) is 5.53. The normalized spacial score (nSPS) is 26.1. The third-order valence-electron chi connectivity index (χ3n) is 3.14. The number of aromatic nitrogens is 2. The lowest BCUT2D eigenvalue weighted by molar-refractivity contribution is 0.475. The first-order valence-corrected chi connectivity index (χ1v) is 7.01. The van der Waals surface area contributed by atoms with Gasteiger partial charge in [0.15, 0.2) is 5.03 Å². The van der Waals surface area contributed by atoms with Crippen molar-refractivity contribution in [1.82, 2.24) is 14.7 Å². The van der Waals surface area contributed by atoms with Gasteiger partial charge in [0.05, 0.1) is 6.20 Å². The van der Waals surface area contributed by atoms with E-state index < -0.39 is 10.0 Å². The number of aromatic amines is 1. The highest BCUT2D eigenvalue weighted by Gasteiger charge is 2.28. The van der Waals surface area contributed by atoms with Crippen molar-refractivity contribution in [2.75, 3.05) is 0 Å². The van der Waals surface area contributed by atoms with Crippen LogP contribution in [0.15, 0.2) is 11.2 Å². The zero-order chi connectivity index (χ0) is 11.8. The summed E-state index contributed by atoms with van der Waals surface area (Å²) < 4.78 is 26.7. The molecule has 0 saturated heterocycles. The van der Waals surface area contributed by atoms with Gasteiger partial charge in [-0.3, -0.25) is 0 Å². The van der Waals surface area contributed by atoms with E-state index in [-0.39, 0.29) is 11.1 Å². The summed E-state index contributed by atoms with van der Waals surface area (Å²) in [6.07, 6.45) is 4.47. The Hall–Kier alpha value is -0.880. The molecule has 0 bridgehead atoms. The fourth-order valence-corrected chi connectivity index (χ4v) is 3.47. The van der Waals surface area contributed by atoms with Gasteiger partial charge in [0.2, 0.25) is 0 Å². The van der Waals surface area contributed by atoms with E-state index in [0.717, 1.165) is 19.3 Å².